The number of anilines is 1. The molecule has 0 aromatic heterocycles. The summed E-state index contributed by atoms with van der Waals surface area (Å²) in [6.45, 7) is 2.05. The van der Waals surface area contributed by atoms with Gasteiger partial charge in [-0.05, 0) is 35.6 Å². The van der Waals surface area contributed by atoms with E-state index in [-0.39, 0.29) is 11.8 Å². The average molecular weight is 415 g/mol. The molecule has 1 atom stereocenters. The molecule has 0 aliphatic heterocycles. The molecule has 4 nitrogen and oxygen atoms in total. The van der Waals surface area contributed by atoms with Gasteiger partial charge in [-0.2, -0.15) is 0 Å². The predicted octanol–water partition coefficient (Wildman–Crippen LogP) is 5.13. The van der Waals surface area contributed by atoms with E-state index in [0.29, 0.717) is 12.8 Å². The van der Waals surface area contributed by atoms with Crippen molar-refractivity contribution in [1.29, 1.82) is 0 Å². The van der Waals surface area contributed by atoms with Gasteiger partial charge in [-0.25, -0.2) is 0 Å². The second-order valence-corrected chi connectivity index (χ2v) is 7.72. The number of para-hydroxylation sites is 1. The van der Waals surface area contributed by atoms with E-state index in [0.717, 1.165) is 36.1 Å². The Morgan fingerprint density at radius 1 is 0.806 bits per heavy atom. The number of unbranched alkanes of at least 4 members (excludes halogenated alkanes) is 1. The molecule has 0 bridgehead atoms. The highest BCUT2D eigenvalue weighted by Crippen LogP contribution is 2.20. The molecule has 3 rings (SSSR count). The fourth-order valence-corrected chi connectivity index (χ4v) is 3.49. The zero-order chi connectivity index (χ0) is 21.9. The van der Waals surface area contributed by atoms with E-state index in [9.17, 15) is 9.59 Å². The molecule has 31 heavy (non-hydrogen) atoms. The van der Waals surface area contributed by atoms with Gasteiger partial charge in [-0.3, -0.25) is 9.59 Å². The Morgan fingerprint density at radius 2 is 1.42 bits per heavy atom. The van der Waals surface area contributed by atoms with Gasteiger partial charge in [0.1, 0.15) is 6.04 Å². The quantitative estimate of drug-likeness (QED) is 0.483. The second kappa shape index (κ2) is 11.7. The monoisotopic (exact) mass is 414 g/mol. The second-order valence-electron chi connectivity index (χ2n) is 7.72. The van der Waals surface area contributed by atoms with Crippen LogP contribution < -0.4 is 10.6 Å². The first kappa shape index (κ1) is 22.3. The molecule has 0 heterocycles. The van der Waals surface area contributed by atoms with Crippen LogP contribution >= 0.6 is 0 Å². The van der Waals surface area contributed by atoms with Crippen molar-refractivity contribution in [1.82, 2.24) is 5.32 Å². The number of rotatable bonds is 10. The standard InChI is InChI=1S/C27H30N2O2/c1-2-3-18-26(30)28-25(20-22-14-8-5-9-15-22)27(31)29-24-17-11-10-16-23(24)19-21-12-6-4-7-13-21/h4-17,25H,2-3,18-20H2,1H3,(H,28,30)(H,29,31). The van der Waals surface area contributed by atoms with E-state index >= 15 is 0 Å². The van der Waals surface area contributed by atoms with Gasteiger partial charge in [-0.1, -0.05) is 92.2 Å². The first-order valence-electron chi connectivity index (χ1n) is 10.9. The fraction of sp³-hybridized carbons (Fsp3) is 0.259. The molecule has 0 aliphatic rings. The van der Waals surface area contributed by atoms with Crippen LogP contribution in [-0.2, 0) is 22.4 Å². The highest BCUT2D eigenvalue weighted by atomic mass is 16.2. The molecule has 0 saturated heterocycles. The van der Waals surface area contributed by atoms with Crippen LogP contribution in [0.3, 0.4) is 0 Å². The van der Waals surface area contributed by atoms with Gasteiger partial charge < -0.3 is 10.6 Å². The normalized spacial score (nSPS) is 11.5. The number of amides is 2. The molecule has 0 spiro atoms. The van der Waals surface area contributed by atoms with Crippen LogP contribution in [0.1, 0.15) is 42.9 Å². The van der Waals surface area contributed by atoms with Gasteiger partial charge in [0.25, 0.3) is 0 Å². The summed E-state index contributed by atoms with van der Waals surface area (Å²) in [6, 6.07) is 27.1. The Labute approximate surface area is 184 Å². The van der Waals surface area contributed by atoms with E-state index in [4.69, 9.17) is 0 Å². The van der Waals surface area contributed by atoms with Crippen LogP contribution in [0.25, 0.3) is 0 Å². The zero-order valence-corrected chi connectivity index (χ0v) is 18.0. The minimum atomic E-state index is -0.628. The first-order chi connectivity index (χ1) is 15.2. The third kappa shape index (κ3) is 7.10. The Hall–Kier alpha value is -3.40. The third-order valence-corrected chi connectivity index (χ3v) is 5.20. The van der Waals surface area contributed by atoms with Gasteiger partial charge in [-0.15, -0.1) is 0 Å². The number of carbonyl (C=O) groups excluding carboxylic acids is 2. The maximum atomic E-state index is 13.2. The number of hydrogen-bond donors (Lipinski definition) is 2. The van der Waals surface area contributed by atoms with Crippen molar-refractivity contribution in [2.45, 2.75) is 45.1 Å². The maximum absolute atomic E-state index is 13.2. The lowest BCUT2D eigenvalue weighted by Gasteiger charge is -2.20. The van der Waals surface area contributed by atoms with Gasteiger partial charge in [0, 0.05) is 18.5 Å². The molecular weight excluding hydrogens is 384 g/mol. The lowest BCUT2D eigenvalue weighted by atomic mass is 10.0. The van der Waals surface area contributed by atoms with Gasteiger partial charge >= 0.3 is 0 Å². The Morgan fingerprint density at radius 3 is 2.10 bits per heavy atom. The molecule has 2 amide bonds. The molecule has 160 valence electrons. The van der Waals surface area contributed by atoms with Crippen LogP contribution in [0, 0.1) is 0 Å². The molecule has 0 saturated carbocycles. The largest absolute Gasteiger partial charge is 0.344 e. The van der Waals surface area contributed by atoms with Crippen molar-refractivity contribution >= 4 is 17.5 Å². The van der Waals surface area contributed by atoms with Crippen molar-refractivity contribution < 1.29 is 9.59 Å². The summed E-state index contributed by atoms with van der Waals surface area (Å²) >= 11 is 0. The molecule has 1 unspecified atom stereocenters. The van der Waals surface area contributed by atoms with Crippen molar-refractivity contribution in [2.75, 3.05) is 5.32 Å². The third-order valence-electron chi connectivity index (χ3n) is 5.20. The summed E-state index contributed by atoms with van der Waals surface area (Å²) in [7, 11) is 0. The Kier molecular flexibility index (Phi) is 8.41. The Balaban J connectivity index is 1.75. The van der Waals surface area contributed by atoms with Crippen molar-refractivity contribution in [3.8, 4) is 0 Å². The van der Waals surface area contributed by atoms with Crippen LogP contribution in [0.2, 0.25) is 0 Å². The van der Waals surface area contributed by atoms with Gasteiger partial charge in [0.2, 0.25) is 11.8 Å². The van der Waals surface area contributed by atoms with Crippen molar-refractivity contribution in [3.63, 3.8) is 0 Å². The molecule has 3 aromatic rings. The highest BCUT2D eigenvalue weighted by Gasteiger charge is 2.22. The lowest BCUT2D eigenvalue weighted by molar-refractivity contribution is -0.126. The summed E-state index contributed by atoms with van der Waals surface area (Å²) in [6.07, 6.45) is 3.36. The molecule has 0 fully saturated rings. The first-order valence-corrected chi connectivity index (χ1v) is 10.9. The number of carbonyl (C=O) groups is 2. The topological polar surface area (TPSA) is 58.2 Å². The lowest BCUT2D eigenvalue weighted by Crippen LogP contribution is -2.45. The predicted molar refractivity (Wildman–Crippen MR) is 126 cm³/mol. The zero-order valence-electron chi connectivity index (χ0n) is 18.0. The molecule has 2 N–H and O–H groups in total. The van der Waals surface area contributed by atoms with E-state index < -0.39 is 6.04 Å². The summed E-state index contributed by atoms with van der Waals surface area (Å²) in [5, 5.41) is 6.00. The van der Waals surface area contributed by atoms with Crippen LogP contribution in [-0.4, -0.2) is 17.9 Å². The van der Waals surface area contributed by atoms with E-state index in [1.165, 1.54) is 5.56 Å². The molecular formula is C27H30N2O2. The average Bonchev–Trinajstić information content (AvgIpc) is 2.80. The minimum Gasteiger partial charge on any atom is -0.344 e. The van der Waals surface area contributed by atoms with Crippen LogP contribution in [0.15, 0.2) is 84.9 Å². The molecule has 0 radical (unpaired) electrons. The summed E-state index contributed by atoms with van der Waals surface area (Å²) in [5.74, 6) is -0.287. The van der Waals surface area contributed by atoms with Crippen molar-refractivity contribution in [2.24, 2.45) is 0 Å². The van der Waals surface area contributed by atoms with E-state index in [2.05, 4.69) is 22.8 Å². The number of nitrogens with one attached hydrogen (secondary N) is 2. The summed E-state index contributed by atoms with van der Waals surface area (Å²) in [5.41, 5.74) is 4.00. The van der Waals surface area contributed by atoms with Crippen LogP contribution in [0.5, 0.6) is 0 Å². The fourth-order valence-electron chi connectivity index (χ4n) is 3.49. The molecule has 3 aromatic carbocycles. The smallest absolute Gasteiger partial charge is 0.247 e. The maximum Gasteiger partial charge on any atom is 0.247 e. The highest BCUT2D eigenvalue weighted by molar-refractivity contribution is 5.98. The van der Waals surface area contributed by atoms with E-state index in [1.54, 1.807) is 0 Å². The summed E-state index contributed by atoms with van der Waals surface area (Å²) in [4.78, 5) is 25.6. The Bertz CT molecular complexity index is 971. The van der Waals surface area contributed by atoms with E-state index in [1.807, 2.05) is 79.7 Å². The molecule has 4 heteroatoms. The van der Waals surface area contributed by atoms with Crippen molar-refractivity contribution in [3.05, 3.63) is 102 Å². The summed E-state index contributed by atoms with van der Waals surface area (Å²) < 4.78 is 0. The van der Waals surface area contributed by atoms with Gasteiger partial charge in [0.05, 0.1) is 0 Å². The molecule has 0 aliphatic carbocycles. The number of hydrogen-bond acceptors (Lipinski definition) is 2. The minimum absolute atomic E-state index is 0.0875. The van der Waals surface area contributed by atoms with Gasteiger partial charge in [0.15, 0.2) is 0 Å². The van der Waals surface area contributed by atoms with Crippen LogP contribution in [0.4, 0.5) is 5.69 Å². The number of benzene rings is 3. The SMILES string of the molecule is CCCCC(=O)NC(Cc1ccccc1)C(=O)Nc1ccccc1Cc1ccccc1.